The highest BCUT2D eigenvalue weighted by Gasteiger charge is 2.09. The Morgan fingerprint density at radius 1 is 0.583 bits per heavy atom. The van der Waals surface area contributed by atoms with Crippen molar-refractivity contribution in [3.8, 4) is 11.8 Å². The Kier molecular flexibility index (Phi) is 2.74. The van der Waals surface area contributed by atoms with Crippen LogP contribution in [0.4, 0.5) is 0 Å². The Morgan fingerprint density at radius 3 is 1.88 bits per heavy atom. The van der Waals surface area contributed by atoms with E-state index in [0.717, 1.165) is 27.5 Å². The molecule has 0 aliphatic rings. The van der Waals surface area contributed by atoms with Crippen molar-refractivity contribution in [1.29, 1.82) is 0 Å². The van der Waals surface area contributed by atoms with Gasteiger partial charge in [0.1, 0.15) is 6.33 Å². The van der Waals surface area contributed by atoms with E-state index in [4.69, 9.17) is 0 Å². The van der Waals surface area contributed by atoms with Crippen LogP contribution >= 0.6 is 0 Å². The summed E-state index contributed by atoms with van der Waals surface area (Å²) in [6.07, 6.45) is 1.62. The molecule has 0 aliphatic carbocycles. The van der Waals surface area contributed by atoms with Gasteiger partial charge < -0.3 is 0 Å². The SMILES string of the molecule is C(#Cc1cc2ccc3ncnc4ccc(c1)c2c34)c1ccccc1. The molecule has 5 rings (SSSR count). The largest absolute Gasteiger partial charge is 0.236 e. The molecule has 0 unspecified atom stereocenters. The number of aromatic nitrogens is 2. The Bertz CT molecular complexity index is 1180. The molecule has 4 aromatic carbocycles. The van der Waals surface area contributed by atoms with E-state index < -0.39 is 0 Å². The van der Waals surface area contributed by atoms with Gasteiger partial charge in [-0.25, -0.2) is 9.97 Å². The normalized spacial score (nSPS) is 11.0. The molecule has 0 radical (unpaired) electrons. The van der Waals surface area contributed by atoms with Crippen molar-refractivity contribution < 1.29 is 0 Å². The third-order valence-electron chi connectivity index (χ3n) is 4.32. The topological polar surface area (TPSA) is 25.8 Å². The molecule has 0 saturated heterocycles. The molecule has 0 aliphatic heterocycles. The van der Waals surface area contributed by atoms with E-state index in [2.05, 4.69) is 58.2 Å². The Morgan fingerprint density at radius 2 is 1.21 bits per heavy atom. The van der Waals surface area contributed by atoms with Crippen molar-refractivity contribution in [2.24, 2.45) is 0 Å². The zero-order chi connectivity index (χ0) is 15.9. The predicted octanol–water partition coefficient (Wildman–Crippen LogP) is 4.77. The first-order chi connectivity index (χ1) is 11.9. The van der Waals surface area contributed by atoms with Crippen LogP contribution in [-0.2, 0) is 0 Å². The molecule has 2 heteroatoms. The van der Waals surface area contributed by atoms with E-state index in [1.165, 1.54) is 16.2 Å². The van der Waals surface area contributed by atoms with Crippen LogP contribution in [0.3, 0.4) is 0 Å². The Balaban J connectivity index is 1.77. The van der Waals surface area contributed by atoms with E-state index in [1.807, 2.05) is 30.3 Å². The second kappa shape index (κ2) is 5.04. The molecule has 0 N–H and O–H groups in total. The lowest BCUT2D eigenvalue weighted by atomic mass is 9.96. The second-order valence-corrected chi connectivity index (χ2v) is 5.83. The highest BCUT2D eigenvalue weighted by Crippen LogP contribution is 2.33. The lowest BCUT2D eigenvalue weighted by molar-refractivity contribution is 1.26. The maximum Gasteiger partial charge on any atom is 0.116 e. The van der Waals surface area contributed by atoms with E-state index in [0.29, 0.717) is 0 Å². The van der Waals surface area contributed by atoms with Crippen LogP contribution in [0.5, 0.6) is 0 Å². The molecule has 2 nitrogen and oxygen atoms in total. The van der Waals surface area contributed by atoms with Crippen molar-refractivity contribution in [3.05, 3.63) is 84.2 Å². The van der Waals surface area contributed by atoms with Gasteiger partial charge in [-0.15, -0.1) is 0 Å². The number of rotatable bonds is 0. The van der Waals surface area contributed by atoms with Crippen LogP contribution < -0.4 is 0 Å². The van der Waals surface area contributed by atoms with Gasteiger partial charge in [0.25, 0.3) is 0 Å². The summed E-state index contributed by atoms with van der Waals surface area (Å²) < 4.78 is 0. The van der Waals surface area contributed by atoms with Gasteiger partial charge in [-0.3, -0.25) is 0 Å². The average Bonchev–Trinajstić information content (AvgIpc) is 2.65. The van der Waals surface area contributed by atoms with Crippen molar-refractivity contribution in [3.63, 3.8) is 0 Å². The Labute approximate surface area is 139 Å². The molecule has 0 spiro atoms. The maximum atomic E-state index is 4.39. The minimum Gasteiger partial charge on any atom is -0.236 e. The van der Waals surface area contributed by atoms with E-state index in [1.54, 1.807) is 6.33 Å². The number of hydrogen-bond donors (Lipinski definition) is 0. The van der Waals surface area contributed by atoms with Gasteiger partial charge in [-0.1, -0.05) is 42.2 Å². The van der Waals surface area contributed by atoms with Crippen LogP contribution in [0.15, 0.2) is 73.1 Å². The fourth-order valence-corrected chi connectivity index (χ4v) is 3.24. The summed E-state index contributed by atoms with van der Waals surface area (Å²) in [7, 11) is 0. The van der Waals surface area contributed by atoms with Gasteiger partial charge in [0, 0.05) is 21.9 Å². The minimum atomic E-state index is 0.987. The van der Waals surface area contributed by atoms with Crippen LogP contribution in [0.1, 0.15) is 11.1 Å². The van der Waals surface area contributed by atoms with Gasteiger partial charge in [-0.2, -0.15) is 0 Å². The molecule has 0 amide bonds. The van der Waals surface area contributed by atoms with E-state index in [-0.39, 0.29) is 0 Å². The van der Waals surface area contributed by atoms with Gasteiger partial charge >= 0.3 is 0 Å². The summed E-state index contributed by atoms with van der Waals surface area (Å²) >= 11 is 0. The summed E-state index contributed by atoms with van der Waals surface area (Å²) in [6.45, 7) is 0. The lowest BCUT2D eigenvalue weighted by Crippen LogP contribution is -1.89. The third kappa shape index (κ3) is 2.00. The highest BCUT2D eigenvalue weighted by atomic mass is 14.8. The first-order valence-corrected chi connectivity index (χ1v) is 7.85. The first-order valence-electron chi connectivity index (χ1n) is 7.85. The lowest BCUT2D eigenvalue weighted by Gasteiger charge is -2.09. The summed E-state index contributed by atoms with van der Waals surface area (Å²) in [4.78, 5) is 8.79. The smallest absolute Gasteiger partial charge is 0.116 e. The number of nitrogens with zero attached hydrogens (tertiary/aromatic N) is 2. The van der Waals surface area contributed by atoms with E-state index in [9.17, 15) is 0 Å². The number of benzene rings is 4. The predicted molar refractivity (Wildman–Crippen MR) is 98.2 cm³/mol. The van der Waals surface area contributed by atoms with Crippen LogP contribution in [0.25, 0.3) is 32.6 Å². The maximum absolute atomic E-state index is 4.39. The monoisotopic (exact) mass is 304 g/mol. The highest BCUT2D eigenvalue weighted by molar-refractivity contribution is 6.21. The van der Waals surface area contributed by atoms with Crippen LogP contribution in [0, 0.1) is 11.8 Å². The van der Waals surface area contributed by atoms with Gasteiger partial charge in [0.15, 0.2) is 0 Å². The molecule has 1 heterocycles. The van der Waals surface area contributed by atoms with Gasteiger partial charge in [0.05, 0.1) is 11.0 Å². The molecule has 24 heavy (non-hydrogen) atoms. The molecular formula is C22H12N2. The summed E-state index contributed by atoms with van der Waals surface area (Å²) in [5, 5.41) is 4.71. The molecule has 0 bridgehead atoms. The van der Waals surface area contributed by atoms with Crippen molar-refractivity contribution in [2.75, 3.05) is 0 Å². The third-order valence-corrected chi connectivity index (χ3v) is 4.32. The van der Waals surface area contributed by atoms with Crippen molar-refractivity contribution in [2.45, 2.75) is 0 Å². The fourth-order valence-electron chi connectivity index (χ4n) is 3.24. The van der Waals surface area contributed by atoms with Crippen LogP contribution in [0.2, 0.25) is 0 Å². The van der Waals surface area contributed by atoms with E-state index >= 15 is 0 Å². The zero-order valence-electron chi connectivity index (χ0n) is 12.8. The molecule has 5 aromatic rings. The fraction of sp³-hybridized carbons (Fsp3) is 0. The Hall–Kier alpha value is -3.44. The standard InChI is InChI=1S/C22H12N2/c1-2-4-15(5-3-1)6-7-16-12-17-8-10-19-22-20(24-14-23-19)11-9-18(13-16)21(17)22/h1-5,8-14H. The quantitative estimate of drug-likeness (QED) is 0.304. The minimum absolute atomic E-state index is 0.987. The zero-order valence-corrected chi connectivity index (χ0v) is 12.8. The van der Waals surface area contributed by atoms with Gasteiger partial charge in [0.2, 0.25) is 0 Å². The summed E-state index contributed by atoms with van der Waals surface area (Å²) in [6, 6.07) is 22.7. The summed E-state index contributed by atoms with van der Waals surface area (Å²) in [5.41, 5.74) is 4.02. The first kappa shape index (κ1) is 13.0. The van der Waals surface area contributed by atoms with Crippen molar-refractivity contribution >= 4 is 32.6 Å². The molecule has 110 valence electrons. The molecule has 0 fully saturated rings. The molecule has 0 saturated carbocycles. The molecular weight excluding hydrogens is 292 g/mol. The second-order valence-electron chi connectivity index (χ2n) is 5.83. The summed E-state index contributed by atoms with van der Waals surface area (Å²) in [5.74, 6) is 6.51. The van der Waals surface area contributed by atoms with Gasteiger partial charge in [-0.05, 0) is 47.2 Å². The molecule has 0 atom stereocenters. The van der Waals surface area contributed by atoms with Crippen LogP contribution in [-0.4, -0.2) is 9.97 Å². The number of hydrogen-bond acceptors (Lipinski definition) is 2. The van der Waals surface area contributed by atoms with Crippen molar-refractivity contribution in [1.82, 2.24) is 9.97 Å². The molecule has 1 aromatic heterocycles. The average molecular weight is 304 g/mol.